The number of urea groups is 2. The third kappa shape index (κ3) is 14.2. The molecule has 5 aromatic rings. The van der Waals surface area contributed by atoms with Gasteiger partial charge in [-0.3, -0.25) is 19.4 Å². The van der Waals surface area contributed by atoms with Gasteiger partial charge >= 0.3 is 12.1 Å². The Labute approximate surface area is 421 Å². The van der Waals surface area contributed by atoms with E-state index in [1.165, 1.54) is 29.9 Å². The van der Waals surface area contributed by atoms with E-state index < -0.39 is 22.7 Å². The highest BCUT2D eigenvalue weighted by atomic mass is 35.5. The summed E-state index contributed by atoms with van der Waals surface area (Å²) in [5, 5.41) is 5.92. The first-order chi connectivity index (χ1) is 33.8. The van der Waals surface area contributed by atoms with E-state index in [2.05, 4.69) is 34.4 Å². The molecule has 0 bridgehead atoms. The molecule has 2 atom stereocenters. The number of rotatable bonds is 17. The van der Waals surface area contributed by atoms with Gasteiger partial charge in [-0.15, -0.1) is 0 Å². The van der Waals surface area contributed by atoms with Crippen LogP contribution in [0.25, 0.3) is 22.3 Å². The van der Waals surface area contributed by atoms with Crippen LogP contribution in [0.5, 0.6) is 23.3 Å². The second-order valence-corrected chi connectivity index (χ2v) is 19.7. The summed E-state index contributed by atoms with van der Waals surface area (Å²) in [6.07, 6.45) is 8.40. The summed E-state index contributed by atoms with van der Waals surface area (Å²) in [7, 11) is 0. The molecule has 14 nitrogen and oxygen atoms in total. The number of aromatic nitrogens is 2. The number of carbonyl (C=O) groups is 4. The van der Waals surface area contributed by atoms with Crippen molar-refractivity contribution in [3.05, 3.63) is 102 Å². The number of ketones is 2. The van der Waals surface area contributed by atoms with E-state index in [0.717, 1.165) is 53.3 Å². The standard InChI is InChI=1S/C28H39N3O4.C27H27ClFN3O4/c1-6-8-9-10-15-29-27(33)31-18-23(7-2)35-25-16-21(11-13-24(25)31)22-12-14-26(30-17-22)34-19-28(4,5)20(3)32;1-16-14-32(26(34)31-22-8-7-20(28)12-21(22)29)23-9-5-18(11-24(23)36-16)19-6-10-25(30-13-19)35-15-27(3,4)17(2)33/h11-14,16-17,23H,6-10,15,18-19H2,1-5H3,(H,29,33);5-13,16H,14-15H2,1-4H3,(H,31,34)/t;16-/m.1/s1. The molecule has 0 fully saturated rings. The number of carbonyl (C=O) groups excluding carboxylic acids is 4. The van der Waals surface area contributed by atoms with Gasteiger partial charge in [0.1, 0.15) is 54.3 Å². The Balaban J connectivity index is 0.000000233. The van der Waals surface area contributed by atoms with Crippen LogP contribution in [0.15, 0.2) is 91.3 Å². The summed E-state index contributed by atoms with van der Waals surface area (Å²) in [5.74, 6) is 1.64. The van der Waals surface area contributed by atoms with Crippen LogP contribution in [0.2, 0.25) is 5.02 Å². The number of amides is 4. The van der Waals surface area contributed by atoms with E-state index in [0.29, 0.717) is 48.6 Å². The van der Waals surface area contributed by atoms with Crippen molar-refractivity contribution in [2.24, 2.45) is 10.8 Å². The van der Waals surface area contributed by atoms with Gasteiger partial charge in [-0.1, -0.05) is 56.8 Å². The summed E-state index contributed by atoms with van der Waals surface area (Å²) in [6.45, 7) is 18.6. The molecule has 2 aliphatic heterocycles. The van der Waals surface area contributed by atoms with Gasteiger partial charge in [0.05, 0.1) is 41.0 Å². The molecule has 4 amide bonds. The van der Waals surface area contributed by atoms with Gasteiger partial charge in [-0.2, -0.15) is 0 Å². The minimum absolute atomic E-state index is 0.0433. The maximum Gasteiger partial charge on any atom is 0.326 e. The van der Waals surface area contributed by atoms with Gasteiger partial charge in [0.2, 0.25) is 11.8 Å². The molecule has 378 valence electrons. The first-order valence-corrected chi connectivity index (χ1v) is 24.6. The number of ether oxygens (including phenoxy) is 4. The molecule has 0 spiro atoms. The largest absolute Gasteiger partial charge is 0.487 e. The molecule has 71 heavy (non-hydrogen) atoms. The fraction of sp³-hybridized carbons (Fsp3) is 0.418. The number of hydrogen-bond donors (Lipinski definition) is 2. The Bertz CT molecular complexity index is 2660. The molecule has 2 aromatic heterocycles. The van der Waals surface area contributed by atoms with Crippen molar-refractivity contribution in [1.82, 2.24) is 15.3 Å². The summed E-state index contributed by atoms with van der Waals surface area (Å²) in [5.41, 5.74) is 3.79. The van der Waals surface area contributed by atoms with Gasteiger partial charge in [-0.25, -0.2) is 23.9 Å². The summed E-state index contributed by atoms with van der Waals surface area (Å²) < 4.78 is 37.8. The molecule has 7 rings (SSSR count). The van der Waals surface area contributed by atoms with E-state index in [1.807, 2.05) is 77.1 Å². The summed E-state index contributed by atoms with van der Waals surface area (Å²) >= 11 is 5.80. The predicted octanol–water partition coefficient (Wildman–Crippen LogP) is 12.4. The van der Waals surface area contributed by atoms with Crippen LogP contribution in [0.3, 0.4) is 0 Å². The van der Waals surface area contributed by atoms with Crippen molar-refractivity contribution in [3.8, 4) is 45.5 Å². The van der Waals surface area contributed by atoms with E-state index in [9.17, 15) is 23.6 Å². The molecule has 2 aliphatic rings. The number of fused-ring (bicyclic) bond motifs is 2. The van der Waals surface area contributed by atoms with Crippen LogP contribution in [0.4, 0.5) is 31.0 Å². The lowest BCUT2D eigenvalue weighted by Gasteiger charge is -2.35. The maximum atomic E-state index is 14.2. The zero-order chi connectivity index (χ0) is 51.5. The topological polar surface area (TPSA) is 162 Å². The van der Waals surface area contributed by atoms with Gasteiger partial charge in [0.25, 0.3) is 0 Å². The molecule has 2 N–H and O–H groups in total. The fourth-order valence-electron chi connectivity index (χ4n) is 7.35. The second-order valence-electron chi connectivity index (χ2n) is 19.2. The minimum atomic E-state index is -0.613. The normalized spacial score (nSPS) is 15.1. The Hall–Kier alpha value is -6.74. The molecular weight excluding hydrogens is 927 g/mol. The zero-order valence-electron chi connectivity index (χ0n) is 42.2. The molecular formula is C55H66ClFN6O8. The van der Waals surface area contributed by atoms with Crippen LogP contribution in [0.1, 0.15) is 94.4 Å². The lowest BCUT2D eigenvalue weighted by atomic mass is 9.90. The van der Waals surface area contributed by atoms with E-state index in [1.54, 1.807) is 49.3 Å². The number of Topliss-reactive ketones (excluding diaryl/α,β-unsaturated/α-hetero) is 2. The number of pyridine rings is 2. The van der Waals surface area contributed by atoms with Crippen molar-refractivity contribution >= 4 is 52.3 Å². The second kappa shape index (κ2) is 23.9. The Morgan fingerprint density at radius 2 is 1.24 bits per heavy atom. The Morgan fingerprint density at radius 1 is 0.704 bits per heavy atom. The number of anilines is 3. The van der Waals surface area contributed by atoms with Crippen LogP contribution in [-0.4, -0.2) is 78.7 Å². The number of hydrogen-bond acceptors (Lipinski definition) is 10. The van der Waals surface area contributed by atoms with Crippen LogP contribution < -0.4 is 39.4 Å². The lowest BCUT2D eigenvalue weighted by molar-refractivity contribution is -0.127. The highest BCUT2D eigenvalue weighted by molar-refractivity contribution is 6.30. The highest BCUT2D eigenvalue weighted by Gasteiger charge is 2.31. The van der Waals surface area contributed by atoms with Crippen molar-refractivity contribution in [3.63, 3.8) is 0 Å². The Kier molecular flexibility index (Phi) is 18.1. The smallest absolute Gasteiger partial charge is 0.326 e. The Morgan fingerprint density at radius 3 is 1.73 bits per heavy atom. The molecule has 0 radical (unpaired) electrons. The first kappa shape index (κ1) is 53.6. The maximum absolute atomic E-state index is 14.2. The minimum Gasteiger partial charge on any atom is -0.487 e. The highest BCUT2D eigenvalue weighted by Crippen LogP contribution is 2.39. The number of unbranched alkanes of at least 4 members (excludes halogenated alkanes) is 3. The van der Waals surface area contributed by atoms with Crippen molar-refractivity contribution in [2.45, 2.75) is 107 Å². The van der Waals surface area contributed by atoms with Gasteiger partial charge in [0, 0.05) is 47.2 Å². The van der Waals surface area contributed by atoms with Gasteiger partial charge in [-0.05, 0) is 127 Å². The van der Waals surface area contributed by atoms with Crippen molar-refractivity contribution < 1.29 is 42.5 Å². The van der Waals surface area contributed by atoms with Crippen LogP contribution in [-0.2, 0) is 9.59 Å². The van der Waals surface area contributed by atoms with E-state index in [-0.39, 0.29) is 53.7 Å². The SMILES string of the molecule is CC(=O)C(C)(C)COc1ccc(-c2ccc3c(c2)O[C@H](C)CN3C(=O)Nc2ccc(Cl)cc2F)cn1.CCCCCCNC(=O)N1CC(CC)Oc2cc(-c3ccc(OCC(C)(C)C(C)=O)nc3)ccc21. The van der Waals surface area contributed by atoms with Gasteiger partial charge < -0.3 is 29.6 Å². The molecule has 0 aliphatic carbocycles. The number of benzene rings is 3. The number of halogens is 2. The quantitative estimate of drug-likeness (QED) is 0.0858. The monoisotopic (exact) mass is 992 g/mol. The van der Waals surface area contributed by atoms with Crippen molar-refractivity contribution in [2.75, 3.05) is 48.0 Å². The van der Waals surface area contributed by atoms with Crippen molar-refractivity contribution in [1.29, 1.82) is 0 Å². The van der Waals surface area contributed by atoms with Crippen LogP contribution in [0, 0.1) is 16.6 Å². The van der Waals surface area contributed by atoms with E-state index >= 15 is 0 Å². The fourth-order valence-corrected chi connectivity index (χ4v) is 7.51. The zero-order valence-corrected chi connectivity index (χ0v) is 43.0. The molecule has 0 saturated carbocycles. The molecule has 3 aromatic carbocycles. The predicted molar refractivity (Wildman–Crippen MR) is 277 cm³/mol. The average Bonchev–Trinajstić information content (AvgIpc) is 3.35. The van der Waals surface area contributed by atoms with Gasteiger partial charge in [0.15, 0.2) is 0 Å². The molecule has 1 unspecified atom stereocenters. The molecule has 4 heterocycles. The third-order valence-corrected chi connectivity index (χ3v) is 12.8. The summed E-state index contributed by atoms with van der Waals surface area (Å²) in [6, 6.07) is 22.2. The first-order valence-electron chi connectivity index (χ1n) is 24.2. The average molecular weight is 994 g/mol. The van der Waals surface area contributed by atoms with E-state index in [4.69, 9.17) is 30.5 Å². The summed E-state index contributed by atoms with van der Waals surface area (Å²) in [4.78, 5) is 61.4. The lowest BCUT2D eigenvalue weighted by Crippen LogP contribution is -2.48. The molecule has 0 saturated heterocycles. The van der Waals surface area contributed by atoms with Crippen LogP contribution >= 0.6 is 11.6 Å². The third-order valence-electron chi connectivity index (χ3n) is 12.6. The molecule has 16 heteroatoms. The number of nitrogens with zero attached hydrogens (tertiary/aromatic N) is 4. The number of nitrogens with one attached hydrogen (secondary N) is 2.